The molecule has 2 fully saturated rings. The summed E-state index contributed by atoms with van der Waals surface area (Å²) in [4.78, 5) is 0. The van der Waals surface area contributed by atoms with Crippen molar-refractivity contribution in [2.24, 2.45) is 0 Å². The molecule has 34 heavy (non-hydrogen) atoms. The van der Waals surface area contributed by atoms with Gasteiger partial charge in [0.15, 0.2) is 0 Å². The van der Waals surface area contributed by atoms with Crippen molar-refractivity contribution >= 4 is 0 Å². The number of hydrogen-bond acceptors (Lipinski definition) is 2. The Bertz CT molecular complexity index is 869. The highest BCUT2D eigenvalue weighted by Gasteiger charge is 2.51. The molecule has 0 aromatic heterocycles. The van der Waals surface area contributed by atoms with Crippen molar-refractivity contribution in [2.45, 2.75) is 114 Å². The fourth-order valence-corrected chi connectivity index (χ4v) is 6.54. The van der Waals surface area contributed by atoms with E-state index in [1.165, 1.54) is 95.5 Å². The van der Waals surface area contributed by atoms with Crippen LogP contribution in [0.1, 0.15) is 114 Å². The van der Waals surface area contributed by atoms with Crippen LogP contribution in [-0.2, 0) is 0 Å². The minimum atomic E-state index is -0.158. The molecular weight excluding hydrogens is 419 g/mol. The second-order valence-electron chi connectivity index (χ2n) is 11.0. The van der Waals surface area contributed by atoms with Gasteiger partial charge in [0.25, 0.3) is 0 Å². The van der Waals surface area contributed by atoms with Crippen LogP contribution in [0.2, 0.25) is 0 Å². The van der Waals surface area contributed by atoms with Gasteiger partial charge in [-0.25, -0.2) is 4.39 Å². The van der Waals surface area contributed by atoms with Crippen molar-refractivity contribution in [1.29, 1.82) is 0 Å². The average Bonchev–Trinajstić information content (AvgIpc) is 3.12. The van der Waals surface area contributed by atoms with E-state index in [4.69, 9.17) is 0 Å². The molecule has 186 valence electrons. The maximum absolute atomic E-state index is 14.1. The molecule has 0 radical (unpaired) electrons. The molecule has 0 amide bonds. The van der Waals surface area contributed by atoms with E-state index in [1.807, 2.05) is 6.07 Å². The number of unbranched alkanes of at least 4 members (excludes halogenated alkanes) is 7. The van der Waals surface area contributed by atoms with Gasteiger partial charge in [-0.1, -0.05) is 94.3 Å². The largest absolute Gasteiger partial charge is 0.311 e. The monoisotopic (exact) mass is 464 g/mol. The number of benzene rings is 2. The maximum atomic E-state index is 14.1. The van der Waals surface area contributed by atoms with Crippen LogP contribution in [0.15, 0.2) is 54.6 Å². The Morgan fingerprint density at radius 1 is 0.765 bits per heavy atom. The Morgan fingerprint density at radius 2 is 1.44 bits per heavy atom. The first-order valence-electron chi connectivity index (χ1n) is 14.0. The molecule has 2 nitrogen and oxygen atoms in total. The third kappa shape index (κ3) is 6.70. The first kappa shape index (κ1) is 25.4. The van der Waals surface area contributed by atoms with Crippen molar-refractivity contribution < 1.29 is 4.39 Å². The third-order valence-corrected chi connectivity index (χ3v) is 8.37. The molecule has 0 spiro atoms. The summed E-state index contributed by atoms with van der Waals surface area (Å²) in [6.45, 7) is 3.43. The molecule has 2 aromatic carbocycles. The molecule has 2 aliphatic rings. The molecule has 2 N–H and O–H groups in total. The van der Waals surface area contributed by atoms with Crippen LogP contribution in [0, 0.1) is 5.82 Å². The molecule has 0 heterocycles. The number of fused-ring (bicyclic) bond motifs is 2. The van der Waals surface area contributed by atoms with Gasteiger partial charge in [-0.05, 0) is 74.8 Å². The molecule has 3 heteroatoms. The van der Waals surface area contributed by atoms with Crippen molar-refractivity contribution in [2.75, 3.05) is 6.54 Å². The van der Waals surface area contributed by atoms with Gasteiger partial charge in [-0.2, -0.15) is 0 Å². The van der Waals surface area contributed by atoms with E-state index in [0.717, 1.165) is 12.1 Å². The Hall–Kier alpha value is -1.71. The fraction of sp³-hybridized carbons (Fsp3) is 0.613. The Labute approximate surface area is 207 Å². The van der Waals surface area contributed by atoms with Crippen LogP contribution < -0.4 is 10.6 Å². The van der Waals surface area contributed by atoms with E-state index in [2.05, 4.69) is 54.0 Å². The minimum Gasteiger partial charge on any atom is -0.311 e. The molecule has 2 saturated carbocycles. The molecule has 2 bridgehead atoms. The molecule has 2 aliphatic carbocycles. The summed E-state index contributed by atoms with van der Waals surface area (Å²) in [5, 5.41) is 8.10. The predicted octanol–water partition coefficient (Wildman–Crippen LogP) is 8.08. The Morgan fingerprint density at radius 3 is 2.21 bits per heavy atom. The number of hydrogen-bond donors (Lipinski definition) is 2. The summed E-state index contributed by atoms with van der Waals surface area (Å²) in [7, 11) is 0. The van der Waals surface area contributed by atoms with Gasteiger partial charge < -0.3 is 10.6 Å². The summed E-state index contributed by atoms with van der Waals surface area (Å²) in [6, 6.07) is 17.8. The standard InChI is InChI=1S/C31H45FN2/c1-2-3-4-5-6-7-8-12-23-33-30-19-14-20-31(25-30,22-21-30)34-29(26-15-10-9-11-16-26)27-17-13-18-28(32)24-27/h9-11,13,15-18,24,29,33-34H,2-8,12,14,19-23,25H2,1H3/t29?,30-,31+/m1/s1. The lowest BCUT2D eigenvalue weighted by Crippen LogP contribution is -2.53. The first-order valence-corrected chi connectivity index (χ1v) is 14.0. The first-order chi connectivity index (χ1) is 16.6. The van der Waals surface area contributed by atoms with E-state index >= 15 is 0 Å². The molecule has 3 atom stereocenters. The summed E-state index contributed by atoms with van der Waals surface area (Å²) in [5.41, 5.74) is 2.67. The van der Waals surface area contributed by atoms with Gasteiger partial charge in [0.1, 0.15) is 5.82 Å². The normalized spacial score (nSPS) is 24.9. The van der Waals surface area contributed by atoms with Crippen LogP contribution in [0.3, 0.4) is 0 Å². The highest BCUT2D eigenvalue weighted by molar-refractivity contribution is 5.33. The van der Waals surface area contributed by atoms with E-state index < -0.39 is 0 Å². The quantitative estimate of drug-likeness (QED) is 0.276. The van der Waals surface area contributed by atoms with Crippen LogP contribution in [0.5, 0.6) is 0 Å². The van der Waals surface area contributed by atoms with Crippen molar-refractivity contribution in [1.82, 2.24) is 10.6 Å². The number of rotatable bonds is 14. The van der Waals surface area contributed by atoms with E-state index in [0.29, 0.717) is 0 Å². The second-order valence-corrected chi connectivity index (χ2v) is 11.0. The lowest BCUT2D eigenvalue weighted by Gasteiger charge is -2.43. The van der Waals surface area contributed by atoms with Gasteiger partial charge in [-0.3, -0.25) is 0 Å². The van der Waals surface area contributed by atoms with E-state index in [9.17, 15) is 4.39 Å². The minimum absolute atomic E-state index is 0.0264. The maximum Gasteiger partial charge on any atom is 0.123 e. The Balaban J connectivity index is 1.34. The zero-order valence-electron chi connectivity index (χ0n) is 21.3. The Kier molecular flexibility index (Phi) is 9.19. The molecule has 4 rings (SSSR count). The third-order valence-electron chi connectivity index (χ3n) is 8.37. The molecule has 0 aliphatic heterocycles. The second kappa shape index (κ2) is 12.3. The zero-order chi connectivity index (χ0) is 23.7. The average molecular weight is 465 g/mol. The van der Waals surface area contributed by atoms with E-state index in [1.54, 1.807) is 12.1 Å². The summed E-state index contributed by atoms with van der Waals surface area (Å²) in [6.07, 6.45) is 18.4. The van der Waals surface area contributed by atoms with Crippen LogP contribution in [0.25, 0.3) is 0 Å². The van der Waals surface area contributed by atoms with E-state index in [-0.39, 0.29) is 22.9 Å². The van der Waals surface area contributed by atoms with Crippen molar-refractivity contribution in [3.05, 3.63) is 71.5 Å². The number of nitrogens with one attached hydrogen (secondary N) is 2. The summed E-state index contributed by atoms with van der Waals surface area (Å²) < 4.78 is 14.1. The van der Waals surface area contributed by atoms with Crippen molar-refractivity contribution in [3.63, 3.8) is 0 Å². The van der Waals surface area contributed by atoms with Crippen LogP contribution in [-0.4, -0.2) is 17.6 Å². The summed E-state index contributed by atoms with van der Waals surface area (Å²) >= 11 is 0. The van der Waals surface area contributed by atoms with Gasteiger partial charge >= 0.3 is 0 Å². The van der Waals surface area contributed by atoms with Crippen LogP contribution in [0.4, 0.5) is 4.39 Å². The van der Waals surface area contributed by atoms with Gasteiger partial charge in [0, 0.05) is 11.1 Å². The van der Waals surface area contributed by atoms with Gasteiger partial charge in [-0.15, -0.1) is 0 Å². The summed E-state index contributed by atoms with van der Waals surface area (Å²) in [5.74, 6) is -0.158. The number of halogens is 1. The molecule has 1 unspecified atom stereocenters. The smallest absolute Gasteiger partial charge is 0.123 e. The predicted molar refractivity (Wildman–Crippen MR) is 142 cm³/mol. The molecule has 0 saturated heterocycles. The van der Waals surface area contributed by atoms with Crippen LogP contribution >= 0.6 is 0 Å². The highest BCUT2D eigenvalue weighted by Crippen LogP contribution is 2.49. The fourth-order valence-electron chi connectivity index (χ4n) is 6.54. The van der Waals surface area contributed by atoms with Gasteiger partial charge in [0.2, 0.25) is 0 Å². The van der Waals surface area contributed by atoms with Gasteiger partial charge in [0.05, 0.1) is 6.04 Å². The highest BCUT2D eigenvalue weighted by atomic mass is 19.1. The lowest BCUT2D eigenvalue weighted by atomic mass is 9.77. The van der Waals surface area contributed by atoms with Crippen molar-refractivity contribution in [3.8, 4) is 0 Å². The molecule has 2 aromatic rings. The topological polar surface area (TPSA) is 24.1 Å². The zero-order valence-corrected chi connectivity index (χ0v) is 21.3. The lowest BCUT2D eigenvalue weighted by molar-refractivity contribution is 0.187. The SMILES string of the molecule is CCCCCCCCCCN[C@]12CCC[C@](NC(c3ccccc3)c3cccc(F)c3)(CC1)C2. The molecular formula is C31H45FN2.